The van der Waals surface area contributed by atoms with Crippen LogP contribution in [-0.2, 0) is 72.1 Å². The standard InChI is InChI=1S/C22H28N14O5.C20H29N6O11PS.CH4/c23-1-3-33(14(38)6-35-11-31-17-19(24)27-9-29-21(17)35)5-13(37)26-2-4-34(8-16(40)41)15(39)7-36-12-32-18-20(25)28-10-30-22(18)36;21-13-1-3-25(19(29)23-13)17-15(11(28)9-34-17)33-7-8-36-38(31,39)37-12-10-35-18(16(12)32-6-5-27)26-4-2-14(22)24-20(26)30;/h9-12H,1-8,23H2,(H,26,37)(H,40,41)(H2,24,27,29)(H2,25,28,30);1-4,11-12,15-18,27-28H,5-10H2,(H,31,39)(H2,21,23,29)(H2,22,24,30);1H4/t;11?,12?,15-,16-,17+,18+,38?;/m.0./s1. The van der Waals surface area contributed by atoms with Crippen molar-refractivity contribution < 1.29 is 67.4 Å². The van der Waals surface area contributed by atoms with Crippen LogP contribution in [0.3, 0.4) is 0 Å². The molecule has 2 aliphatic rings. The van der Waals surface area contributed by atoms with Crippen molar-refractivity contribution in [2.45, 2.75) is 57.4 Å². The molecule has 0 saturated carbocycles. The molecule has 0 aromatic carbocycles. The smallest absolute Gasteiger partial charge is 0.351 e. The average molecular weight is 1180 g/mol. The molecule has 6 aromatic heterocycles. The van der Waals surface area contributed by atoms with Crippen molar-refractivity contribution in [3.63, 3.8) is 0 Å². The lowest BCUT2D eigenvalue weighted by Gasteiger charge is -2.26. The number of imidazole rings is 2. The van der Waals surface area contributed by atoms with Gasteiger partial charge in [-0.2, -0.15) is 9.97 Å². The fourth-order valence-electron chi connectivity index (χ4n) is 8.04. The van der Waals surface area contributed by atoms with E-state index in [0.717, 1.165) is 14.0 Å². The molecule has 0 spiro atoms. The third-order valence-corrected chi connectivity index (χ3v) is 13.3. The first-order valence-electron chi connectivity index (χ1n) is 23.9. The maximum absolute atomic E-state index is 12.9. The third-order valence-electron chi connectivity index (χ3n) is 11.7. The third kappa shape index (κ3) is 16.2. The topological polar surface area (TPSA) is 510 Å². The van der Waals surface area contributed by atoms with E-state index in [-0.39, 0.29) is 116 Å². The van der Waals surface area contributed by atoms with Crippen molar-refractivity contribution in [3.05, 3.63) is 70.8 Å². The van der Waals surface area contributed by atoms with E-state index < -0.39 is 85.2 Å². The van der Waals surface area contributed by atoms with Gasteiger partial charge in [-0.3, -0.25) is 28.3 Å². The molecule has 8 heterocycles. The Morgan fingerprint density at radius 1 is 0.765 bits per heavy atom. The van der Waals surface area contributed by atoms with Crippen LogP contribution in [0.5, 0.6) is 0 Å². The quantitative estimate of drug-likeness (QED) is 0.0189. The first kappa shape index (κ1) is 62.4. The van der Waals surface area contributed by atoms with Crippen LogP contribution in [0.4, 0.5) is 23.3 Å². The predicted molar refractivity (Wildman–Crippen MR) is 285 cm³/mol. The number of nitrogens with zero attached hydrogens (tertiary/aromatic N) is 14. The predicted octanol–water partition coefficient (Wildman–Crippen LogP) is -5.25. The Balaban J connectivity index is 0.000000258. The lowest BCUT2D eigenvalue weighted by molar-refractivity contribution is -0.144. The number of nitrogens with two attached hydrogens (primary N) is 5. The molecule has 38 heteroatoms. The van der Waals surface area contributed by atoms with Crippen LogP contribution in [0, 0.1) is 0 Å². The number of aliphatic hydroxyl groups excluding tert-OH is 2. The summed E-state index contributed by atoms with van der Waals surface area (Å²) in [5.41, 5.74) is 28.2. The van der Waals surface area contributed by atoms with E-state index in [1.54, 1.807) is 0 Å². The number of anilines is 4. The highest BCUT2D eigenvalue weighted by atomic mass is 32.5. The van der Waals surface area contributed by atoms with E-state index in [1.807, 2.05) is 0 Å². The highest BCUT2D eigenvalue weighted by Crippen LogP contribution is 2.48. The normalized spacial score (nSPS) is 19.3. The minimum absolute atomic E-state index is 0. The lowest BCUT2D eigenvalue weighted by atomic mass is 10.2. The van der Waals surface area contributed by atoms with Gasteiger partial charge >= 0.3 is 24.1 Å². The molecule has 2 saturated heterocycles. The second kappa shape index (κ2) is 28.6. The van der Waals surface area contributed by atoms with E-state index in [9.17, 15) is 49.0 Å². The van der Waals surface area contributed by atoms with E-state index in [0.29, 0.717) is 22.3 Å². The molecule has 0 bridgehead atoms. The molecule has 6 aromatic rings. The number of nitrogen functional groups attached to an aromatic ring is 4. The van der Waals surface area contributed by atoms with Crippen molar-refractivity contribution in [3.8, 4) is 0 Å². The fourth-order valence-corrected chi connectivity index (χ4v) is 9.49. The molecule has 36 nitrogen and oxygen atoms in total. The van der Waals surface area contributed by atoms with Gasteiger partial charge in [0.25, 0.3) is 0 Å². The van der Waals surface area contributed by atoms with Gasteiger partial charge in [0.15, 0.2) is 35.4 Å². The Morgan fingerprint density at radius 2 is 1.30 bits per heavy atom. The molecule has 81 heavy (non-hydrogen) atoms. The summed E-state index contributed by atoms with van der Waals surface area (Å²) >= 11 is 5.11. The number of hydrogen-bond donors (Lipinski definition) is 10. The van der Waals surface area contributed by atoms with Crippen LogP contribution in [0.2, 0.25) is 0 Å². The van der Waals surface area contributed by atoms with Gasteiger partial charge in [0, 0.05) is 38.6 Å². The Kier molecular flexibility index (Phi) is 22.0. The van der Waals surface area contributed by atoms with Crippen molar-refractivity contribution in [2.24, 2.45) is 5.73 Å². The van der Waals surface area contributed by atoms with Crippen molar-refractivity contribution in [1.29, 1.82) is 0 Å². The molecule has 2 aliphatic heterocycles. The number of carboxylic acid groups (broad SMARTS) is 1. The largest absolute Gasteiger partial charge is 0.480 e. The summed E-state index contributed by atoms with van der Waals surface area (Å²) < 4.78 is 38.6. The number of nitrogens with one attached hydrogen (secondary N) is 1. The number of carbonyl (C=O) groups is 4. The number of aliphatic carboxylic acids is 1. The molecule has 7 atom stereocenters. The zero-order valence-electron chi connectivity index (χ0n) is 42.2. The summed E-state index contributed by atoms with van der Waals surface area (Å²) in [6.45, 7) is -6.17. The van der Waals surface area contributed by atoms with Crippen LogP contribution in [0.15, 0.2) is 59.4 Å². The second-order valence-electron chi connectivity index (χ2n) is 17.2. The lowest BCUT2D eigenvalue weighted by Crippen LogP contribution is -2.46. The number of aromatic nitrogens is 12. The maximum atomic E-state index is 12.9. The van der Waals surface area contributed by atoms with Gasteiger partial charge in [0.05, 0.1) is 58.8 Å². The van der Waals surface area contributed by atoms with E-state index in [2.05, 4.69) is 45.2 Å². The van der Waals surface area contributed by atoms with E-state index in [4.69, 9.17) is 68.5 Å². The summed E-state index contributed by atoms with van der Waals surface area (Å²) in [5.74, 6) is -2.34. The number of hydrogen-bond acceptors (Lipinski definition) is 28. The molecule has 8 rings (SSSR count). The second-order valence-corrected chi connectivity index (χ2v) is 20.0. The van der Waals surface area contributed by atoms with E-state index in [1.165, 1.54) is 63.9 Å². The minimum Gasteiger partial charge on any atom is -0.480 e. The number of aliphatic hydroxyl groups is 2. The SMILES string of the molecule is C.NCCN(CC(=O)NCCN(CC(=O)O)C(=O)Cn1cnc2c(N)ncnc21)C(=O)Cn1cnc2c(N)ncnc21.Nc1ccn([C@@H]2OCC(O)[C@@H]2OCCOP(O)(=S)OC2CO[C@@H](n3ccc(N)nc3=O)[C@H]2OCCO)c(=O)n1. The summed E-state index contributed by atoms with van der Waals surface area (Å²) in [6.07, 6.45) is 2.14. The molecule has 440 valence electrons. The highest BCUT2D eigenvalue weighted by molar-refractivity contribution is 8.07. The Hall–Kier alpha value is -7.81. The van der Waals surface area contributed by atoms with E-state index >= 15 is 0 Å². The van der Waals surface area contributed by atoms with Gasteiger partial charge in [-0.1, -0.05) is 7.43 Å². The average Bonchev–Trinajstić information content (AvgIpc) is 4.41. The maximum Gasteiger partial charge on any atom is 0.351 e. The fraction of sp³-hybridized carbons (Fsp3) is 0.488. The zero-order valence-corrected chi connectivity index (χ0v) is 43.9. The highest BCUT2D eigenvalue weighted by Gasteiger charge is 2.44. The molecule has 0 radical (unpaired) electrons. The van der Waals surface area contributed by atoms with Crippen molar-refractivity contribution in [2.75, 3.05) is 102 Å². The summed E-state index contributed by atoms with van der Waals surface area (Å²) in [4.78, 5) is 119. The number of carboxylic acids is 1. The van der Waals surface area contributed by atoms with Gasteiger partial charge in [-0.05, 0) is 23.9 Å². The van der Waals surface area contributed by atoms with Crippen LogP contribution in [0.1, 0.15) is 19.9 Å². The van der Waals surface area contributed by atoms with Crippen molar-refractivity contribution >= 4 is 87.8 Å². The van der Waals surface area contributed by atoms with Crippen molar-refractivity contribution in [1.82, 2.24) is 73.3 Å². The monoisotopic (exact) mass is 1180 g/mol. The Bertz CT molecular complexity index is 3310. The van der Waals surface area contributed by atoms with Crippen LogP contribution >= 0.6 is 6.72 Å². The molecule has 3 unspecified atom stereocenters. The molecule has 2 fully saturated rings. The van der Waals surface area contributed by atoms with Gasteiger partial charge in [-0.25, -0.2) is 39.5 Å². The summed E-state index contributed by atoms with van der Waals surface area (Å²) in [6, 6.07) is 2.81. The Labute approximate surface area is 463 Å². The van der Waals surface area contributed by atoms with Crippen LogP contribution < -0.4 is 45.4 Å². The number of ether oxygens (including phenoxy) is 4. The van der Waals surface area contributed by atoms with Gasteiger partial charge < -0.3 is 101 Å². The van der Waals surface area contributed by atoms with Gasteiger partial charge in [0.2, 0.25) is 17.7 Å². The molecule has 3 amide bonds. The summed E-state index contributed by atoms with van der Waals surface area (Å²) in [7, 11) is 0. The zero-order chi connectivity index (χ0) is 57.7. The van der Waals surface area contributed by atoms with Crippen LogP contribution in [0.25, 0.3) is 22.3 Å². The van der Waals surface area contributed by atoms with Gasteiger partial charge in [-0.15, -0.1) is 0 Å². The number of fused-ring (bicyclic) bond motifs is 2. The summed E-state index contributed by atoms with van der Waals surface area (Å²) in [5, 5.41) is 31.3. The Morgan fingerprint density at radius 3 is 1.83 bits per heavy atom. The van der Waals surface area contributed by atoms with Crippen LogP contribution in [-0.4, -0.2) is 215 Å². The first-order valence-corrected chi connectivity index (χ1v) is 26.5. The molecular formula is C43H61N20O16PS. The minimum atomic E-state index is -3.88. The molecular weight excluding hydrogens is 1120 g/mol. The number of carbonyl (C=O) groups excluding carboxylic acids is 3. The van der Waals surface area contributed by atoms with Gasteiger partial charge in [0.1, 0.15) is 79.4 Å². The molecule has 15 N–H and O–H groups in total. The first-order chi connectivity index (χ1) is 38.3. The molecule has 0 aliphatic carbocycles. The number of amides is 3. The number of rotatable bonds is 25.